The number of thiazole rings is 1. The number of aromatic nitrogens is 1. The highest BCUT2D eigenvalue weighted by Gasteiger charge is 2.38. The van der Waals surface area contributed by atoms with Gasteiger partial charge in [-0.25, -0.2) is 4.98 Å². The minimum atomic E-state index is 0.350. The Kier molecular flexibility index (Phi) is 5.10. The third-order valence-electron chi connectivity index (χ3n) is 5.04. The van der Waals surface area contributed by atoms with Crippen LogP contribution >= 0.6 is 11.3 Å². The van der Waals surface area contributed by atoms with Gasteiger partial charge in [-0.2, -0.15) is 0 Å². The molecule has 2 atom stereocenters. The first kappa shape index (κ1) is 15.9. The minimum Gasteiger partial charge on any atom is -0.338 e. The molecular formula is C16H26N4OS. The van der Waals surface area contributed by atoms with E-state index in [0.29, 0.717) is 17.9 Å². The van der Waals surface area contributed by atoms with Crippen molar-refractivity contribution in [3.05, 3.63) is 16.1 Å². The van der Waals surface area contributed by atoms with Gasteiger partial charge < -0.3 is 10.2 Å². The fourth-order valence-corrected chi connectivity index (χ4v) is 4.59. The Morgan fingerprint density at radius 2 is 2.32 bits per heavy atom. The summed E-state index contributed by atoms with van der Waals surface area (Å²) in [6.45, 7) is 7.05. The van der Waals surface area contributed by atoms with Crippen LogP contribution in [0.4, 0.5) is 0 Å². The van der Waals surface area contributed by atoms with Gasteiger partial charge >= 0.3 is 0 Å². The number of rotatable bonds is 5. The minimum absolute atomic E-state index is 0.350. The van der Waals surface area contributed by atoms with Crippen molar-refractivity contribution in [2.75, 3.05) is 33.2 Å². The van der Waals surface area contributed by atoms with Gasteiger partial charge in [0.05, 0.1) is 11.2 Å². The smallest absolute Gasteiger partial charge is 0.222 e. The van der Waals surface area contributed by atoms with Gasteiger partial charge in [-0.1, -0.05) is 0 Å². The Morgan fingerprint density at radius 3 is 3.05 bits per heavy atom. The van der Waals surface area contributed by atoms with Gasteiger partial charge in [0.15, 0.2) is 0 Å². The Balaban J connectivity index is 1.61. The summed E-state index contributed by atoms with van der Waals surface area (Å²) in [5.74, 6) is 0.986. The zero-order valence-electron chi connectivity index (χ0n) is 13.5. The van der Waals surface area contributed by atoms with E-state index in [2.05, 4.69) is 27.0 Å². The molecule has 0 saturated carbocycles. The molecule has 1 aromatic heterocycles. The summed E-state index contributed by atoms with van der Waals surface area (Å²) in [6.07, 6.45) is 2.88. The highest BCUT2D eigenvalue weighted by atomic mass is 32.1. The molecular weight excluding hydrogens is 296 g/mol. The number of carbonyl (C=O) groups excluding carboxylic acids is 1. The maximum absolute atomic E-state index is 12.2. The molecule has 1 N–H and O–H groups in total. The van der Waals surface area contributed by atoms with Crippen molar-refractivity contribution in [3.63, 3.8) is 0 Å². The van der Waals surface area contributed by atoms with Crippen LogP contribution in [0.2, 0.25) is 0 Å². The standard InChI is InChI=1S/C16H26N4OS/c1-12-15(22-11-18-12)10-19-7-5-14-13(9-19)3-4-16(21)20(14)8-6-17-2/h11,13-14,17H,3-10H2,1-2H3/t13-,14+/m0/s1. The van der Waals surface area contributed by atoms with Crippen molar-refractivity contribution in [2.24, 2.45) is 5.92 Å². The molecule has 3 rings (SSSR count). The first-order valence-electron chi connectivity index (χ1n) is 8.24. The normalized spacial score (nSPS) is 26.3. The molecule has 3 heterocycles. The van der Waals surface area contributed by atoms with Gasteiger partial charge in [-0.05, 0) is 32.7 Å². The van der Waals surface area contributed by atoms with Crippen LogP contribution in [0.3, 0.4) is 0 Å². The van der Waals surface area contributed by atoms with E-state index < -0.39 is 0 Å². The number of hydrogen-bond donors (Lipinski definition) is 1. The van der Waals surface area contributed by atoms with Gasteiger partial charge in [0.25, 0.3) is 0 Å². The molecule has 22 heavy (non-hydrogen) atoms. The summed E-state index contributed by atoms with van der Waals surface area (Å²) in [5.41, 5.74) is 3.11. The third-order valence-corrected chi connectivity index (χ3v) is 5.96. The van der Waals surface area contributed by atoms with Crippen LogP contribution in [0.1, 0.15) is 29.8 Å². The van der Waals surface area contributed by atoms with Gasteiger partial charge in [0.2, 0.25) is 5.91 Å². The Bertz CT molecular complexity index is 518. The topological polar surface area (TPSA) is 48.5 Å². The first-order valence-corrected chi connectivity index (χ1v) is 9.12. The van der Waals surface area contributed by atoms with Crippen LogP contribution in [0, 0.1) is 12.8 Å². The number of likely N-dealkylation sites (N-methyl/N-ethyl adjacent to an activating group) is 1. The molecule has 6 heteroatoms. The summed E-state index contributed by atoms with van der Waals surface area (Å²) in [6, 6.07) is 0.452. The number of piperidine rings is 2. The zero-order valence-corrected chi connectivity index (χ0v) is 14.4. The van der Waals surface area contributed by atoms with Gasteiger partial charge in [-0.15, -0.1) is 11.3 Å². The molecule has 0 bridgehead atoms. The molecule has 122 valence electrons. The fraction of sp³-hybridized carbons (Fsp3) is 0.750. The SMILES string of the molecule is CNCCN1C(=O)CC[C@H]2CN(Cc3scnc3C)CC[C@H]21. The predicted octanol–water partition coefficient (Wildman–Crippen LogP) is 1.48. The maximum Gasteiger partial charge on any atom is 0.222 e. The van der Waals surface area contributed by atoms with Crippen LogP contribution in [0.15, 0.2) is 5.51 Å². The highest BCUT2D eigenvalue weighted by Crippen LogP contribution is 2.32. The number of carbonyl (C=O) groups is 1. The largest absolute Gasteiger partial charge is 0.338 e. The summed E-state index contributed by atoms with van der Waals surface area (Å²) in [4.78, 5) is 22.6. The zero-order chi connectivity index (χ0) is 15.5. The molecule has 0 spiro atoms. The molecule has 0 aromatic carbocycles. The lowest BCUT2D eigenvalue weighted by Crippen LogP contribution is -2.56. The van der Waals surface area contributed by atoms with Gasteiger partial charge in [0, 0.05) is 50.1 Å². The molecule has 1 aromatic rings. The second-order valence-electron chi connectivity index (χ2n) is 6.44. The van der Waals surface area contributed by atoms with Crippen LogP contribution in [0.25, 0.3) is 0 Å². The molecule has 0 unspecified atom stereocenters. The first-order chi connectivity index (χ1) is 10.7. The van der Waals surface area contributed by atoms with Crippen LogP contribution < -0.4 is 5.32 Å². The lowest BCUT2D eigenvalue weighted by atomic mass is 9.83. The molecule has 2 aliphatic heterocycles. The number of hydrogen-bond acceptors (Lipinski definition) is 5. The molecule has 2 fully saturated rings. The third kappa shape index (κ3) is 3.34. The molecule has 1 amide bonds. The van der Waals surface area contributed by atoms with Crippen molar-refractivity contribution in [3.8, 4) is 0 Å². The van der Waals surface area contributed by atoms with E-state index in [4.69, 9.17) is 0 Å². The summed E-state index contributed by atoms with van der Waals surface area (Å²) in [5, 5.41) is 3.17. The second-order valence-corrected chi connectivity index (χ2v) is 7.38. The quantitative estimate of drug-likeness (QED) is 0.892. The summed E-state index contributed by atoms with van der Waals surface area (Å²) < 4.78 is 0. The maximum atomic E-state index is 12.2. The van der Waals surface area contributed by atoms with E-state index in [1.807, 2.05) is 12.6 Å². The lowest BCUT2D eigenvalue weighted by Gasteiger charge is -2.47. The average Bonchev–Trinajstić information content (AvgIpc) is 2.91. The van der Waals surface area contributed by atoms with Crippen LogP contribution in [-0.4, -0.2) is 60.0 Å². The van der Waals surface area contributed by atoms with Crippen LogP contribution in [0.5, 0.6) is 0 Å². The number of nitrogens with one attached hydrogen (secondary N) is 1. The number of likely N-dealkylation sites (tertiary alicyclic amines) is 2. The molecule has 2 aliphatic rings. The van der Waals surface area contributed by atoms with Crippen molar-refractivity contribution in [1.29, 1.82) is 0 Å². The van der Waals surface area contributed by atoms with Crippen molar-refractivity contribution >= 4 is 17.2 Å². The fourth-order valence-electron chi connectivity index (χ4n) is 3.77. The molecule has 0 aliphatic carbocycles. The summed E-state index contributed by atoms with van der Waals surface area (Å²) in [7, 11) is 1.95. The Hall–Kier alpha value is -0.980. The number of fused-ring (bicyclic) bond motifs is 1. The predicted molar refractivity (Wildman–Crippen MR) is 88.9 cm³/mol. The lowest BCUT2D eigenvalue weighted by molar-refractivity contribution is -0.141. The second kappa shape index (κ2) is 7.06. The van der Waals surface area contributed by atoms with E-state index in [-0.39, 0.29) is 0 Å². The monoisotopic (exact) mass is 322 g/mol. The average molecular weight is 322 g/mol. The van der Waals surface area contributed by atoms with Crippen molar-refractivity contribution in [1.82, 2.24) is 20.1 Å². The van der Waals surface area contributed by atoms with E-state index >= 15 is 0 Å². The molecule has 5 nitrogen and oxygen atoms in total. The van der Waals surface area contributed by atoms with Gasteiger partial charge in [0.1, 0.15) is 0 Å². The number of amides is 1. The van der Waals surface area contributed by atoms with E-state index in [1.54, 1.807) is 11.3 Å². The van der Waals surface area contributed by atoms with Gasteiger partial charge in [-0.3, -0.25) is 9.69 Å². The summed E-state index contributed by atoms with van der Waals surface area (Å²) >= 11 is 1.76. The number of nitrogens with zero attached hydrogens (tertiary/aromatic N) is 3. The van der Waals surface area contributed by atoms with Crippen LogP contribution in [-0.2, 0) is 11.3 Å². The van der Waals surface area contributed by atoms with Crippen molar-refractivity contribution < 1.29 is 4.79 Å². The van der Waals surface area contributed by atoms with Crippen molar-refractivity contribution in [2.45, 2.75) is 38.8 Å². The Labute approximate surface area is 136 Å². The van der Waals surface area contributed by atoms with E-state index in [0.717, 1.165) is 52.0 Å². The molecule has 2 saturated heterocycles. The highest BCUT2D eigenvalue weighted by molar-refractivity contribution is 7.09. The van der Waals surface area contributed by atoms with E-state index in [9.17, 15) is 4.79 Å². The molecule has 0 radical (unpaired) electrons. The number of aryl methyl sites for hydroxylation is 1. The van der Waals surface area contributed by atoms with E-state index in [1.165, 1.54) is 10.6 Å². The Morgan fingerprint density at radius 1 is 1.45 bits per heavy atom.